The molecule has 6 nitrogen and oxygen atoms in total. The molecule has 1 heterocycles. The highest BCUT2D eigenvalue weighted by Crippen LogP contribution is 2.31. The maximum atomic E-state index is 12.2. The molecule has 2 aromatic carbocycles. The largest absolute Gasteiger partial charge is 0.493 e. The number of benzene rings is 2. The number of methoxy groups -OCH3 is 2. The van der Waals surface area contributed by atoms with Gasteiger partial charge in [-0.1, -0.05) is 12.1 Å². The van der Waals surface area contributed by atoms with E-state index in [1.807, 2.05) is 60.2 Å². The fourth-order valence-electron chi connectivity index (χ4n) is 2.73. The van der Waals surface area contributed by atoms with E-state index in [2.05, 4.69) is 10.3 Å². The summed E-state index contributed by atoms with van der Waals surface area (Å²) in [6.45, 7) is 2.46. The topological polar surface area (TPSA) is 65.4 Å². The quantitative estimate of drug-likeness (QED) is 0.588. The summed E-state index contributed by atoms with van der Waals surface area (Å²) in [7, 11) is 3.19. The number of carbonyl (C=O) groups is 1. The summed E-state index contributed by atoms with van der Waals surface area (Å²) in [4.78, 5) is 17.3. The van der Waals surface area contributed by atoms with E-state index in [0.29, 0.717) is 23.8 Å². The smallest absolute Gasteiger partial charge is 0.230 e. The van der Waals surface area contributed by atoms with Gasteiger partial charge in [0.05, 0.1) is 20.0 Å². The zero-order valence-electron chi connectivity index (χ0n) is 16.1. The molecule has 0 unspecified atom stereocenters. The third-order valence-corrected chi connectivity index (χ3v) is 5.25. The number of hydrogen-bond acceptors (Lipinski definition) is 5. The Morgan fingerprint density at radius 2 is 1.86 bits per heavy atom. The molecule has 3 aromatic rings. The summed E-state index contributed by atoms with van der Waals surface area (Å²) in [5, 5.41) is 2.95. The van der Waals surface area contributed by atoms with Crippen molar-refractivity contribution in [2.45, 2.75) is 18.4 Å². The van der Waals surface area contributed by atoms with Gasteiger partial charge in [-0.3, -0.25) is 4.79 Å². The van der Waals surface area contributed by atoms with Gasteiger partial charge in [0.1, 0.15) is 5.82 Å². The number of aromatic nitrogens is 2. The van der Waals surface area contributed by atoms with Gasteiger partial charge in [-0.2, -0.15) is 0 Å². The highest BCUT2D eigenvalue weighted by atomic mass is 32.2. The van der Waals surface area contributed by atoms with Crippen molar-refractivity contribution < 1.29 is 14.3 Å². The Kier molecular flexibility index (Phi) is 6.60. The fourth-order valence-corrected chi connectivity index (χ4v) is 3.49. The number of thioether (sulfide) groups is 1. The van der Waals surface area contributed by atoms with Crippen molar-refractivity contribution in [3.63, 3.8) is 0 Å². The maximum absolute atomic E-state index is 12.2. The first-order valence-electron chi connectivity index (χ1n) is 8.81. The molecule has 0 fully saturated rings. The molecule has 0 saturated carbocycles. The van der Waals surface area contributed by atoms with Crippen molar-refractivity contribution in [2.75, 3.05) is 20.0 Å². The van der Waals surface area contributed by atoms with Crippen molar-refractivity contribution in [3.8, 4) is 17.2 Å². The monoisotopic (exact) mass is 397 g/mol. The van der Waals surface area contributed by atoms with Gasteiger partial charge in [0.15, 0.2) is 11.5 Å². The minimum Gasteiger partial charge on any atom is -0.493 e. The van der Waals surface area contributed by atoms with Crippen molar-refractivity contribution in [1.29, 1.82) is 0 Å². The van der Waals surface area contributed by atoms with Gasteiger partial charge in [-0.15, -0.1) is 11.8 Å². The van der Waals surface area contributed by atoms with Gasteiger partial charge in [0.2, 0.25) is 5.91 Å². The van der Waals surface area contributed by atoms with Crippen LogP contribution >= 0.6 is 11.8 Å². The summed E-state index contributed by atoms with van der Waals surface area (Å²) in [6.07, 6.45) is 3.71. The van der Waals surface area contributed by atoms with Crippen molar-refractivity contribution >= 4 is 17.7 Å². The molecule has 3 rings (SSSR count). The van der Waals surface area contributed by atoms with Crippen molar-refractivity contribution in [1.82, 2.24) is 14.9 Å². The molecule has 1 N–H and O–H groups in total. The second kappa shape index (κ2) is 9.32. The summed E-state index contributed by atoms with van der Waals surface area (Å²) >= 11 is 1.46. The average molecular weight is 398 g/mol. The van der Waals surface area contributed by atoms with Crippen LogP contribution in [0.5, 0.6) is 11.5 Å². The second-order valence-electron chi connectivity index (χ2n) is 6.09. The van der Waals surface area contributed by atoms with E-state index in [1.165, 1.54) is 11.8 Å². The van der Waals surface area contributed by atoms with Crippen LogP contribution < -0.4 is 14.8 Å². The number of hydrogen-bond donors (Lipinski definition) is 1. The van der Waals surface area contributed by atoms with Gasteiger partial charge in [-0.05, 0) is 42.8 Å². The molecular weight excluding hydrogens is 374 g/mol. The first kappa shape index (κ1) is 19.8. The molecule has 0 bridgehead atoms. The number of imidazole rings is 1. The molecular formula is C21H23N3O3S. The molecule has 146 valence electrons. The predicted molar refractivity (Wildman–Crippen MR) is 110 cm³/mol. The molecule has 0 aliphatic rings. The summed E-state index contributed by atoms with van der Waals surface area (Å²) in [6, 6.07) is 13.7. The number of amides is 1. The lowest BCUT2D eigenvalue weighted by atomic mass is 10.2. The zero-order chi connectivity index (χ0) is 19.9. The number of aryl methyl sites for hydroxylation is 1. The Morgan fingerprint density at radius 1 is 1.11 bits per heavy atom. The molecule has 0 saturated heterocycles. The average Bonchev–Trinajstić information content (AvgIpc) is 3.16. The number of nitrogens with one attached hydrogen (secondary N) is 1. The third kappa shape index (κ3) is 4.86. The van der Waals surface area contributed by atoms with E-state index in [1.54, 1.807) is 20.4 Å². The number of ether oxygens (including phenoxy) is 2. The SMILES string of the molecule is COc1ccc(SCC(=O)NCc2ccc(-n3ccnc3C)cc2)cc1OC. The normalized spacial score (nSPS) is 10.5. The molecule has 1 aromatic heterocycles. The van der Waals surface area contributed by atoms with Crippen molar-refractivity contribution in [2.24, 2.45) is 0 Å². The number of nitrogens with zero attached hydrogens (tertiary/aromatic N) is 2. The molecule has 1 amide bonds. The van der Waals surface area contributed by atoms with Crippen LogP contribution in [0.2, 0.25) is 0 Å². The van der Waals surface area contributed by atoms with E-state index in [4.69, 9.17) is 9.47 Å². The number of carbonyl (C=O) groups excluding carboxylic acids is 1. The lowest BCUT2D eigenvalue weighted by molar-refractivity contribution is -0.118. The first-order chi connectivity index (χ1) is 13.6. The highest BCUT2D eigenvalue weighted by molar-refractivity contribution is 8.00. The van der Waals surface area contributed by atoms with Crippen molar-refractivity contribution in [3.05, 3.63) is 66.2 Å². The Morgan fingerprint density at radius 3 is 2.50 bits per heavy atom. The molecule has 0 aliphatic carbocycles. The van der Waals surface area contributed by atoms with Crippen LogP contribution in [0.3, 0.4) is 0 Å². The van der Waals surface area contributed by atoms with E-state index >= 15 is 0 Å². The summed E-state index contributed by atoms with van der Waals surface area (Å²) < 4.78 is 12.5. The van der Waals surface area contributed by atoms with Crippen LogP contribution in [0.15, 0.2) is 59.8 Å². The minimum atomic E-state index is -0.0192. The maximum Gasteiger partial charge on any atom is 0.230 e. The van der Waals surface area contributed by atoms with Crippen LogP contribution in [0.4, 0.5) is 0 Å². The molecule has 28 heavy (non-hydrogen) atoms. The molecule has 0 atom stereocenters. The highest BCUT2D eigenvalue weighted by Gasteiger charge is 2.08. The van der Waals surface area contributed by atoms with Crippen LogP contribution in [0.25, 0.3) is 5.69 Å². The van der Waals surface area contributed by atoms with Gasteiger partial charge >= 0.3 is 0 Å². The predicted octanol–water partition coefficient (Wildman–Crippen LogP) is 3.61. The number of rotatable bonds is 8. The van der Waals surface area contributed by atoms with Crippen LogP contribution in [-0.2, 0) is 11.3 Å². The first-order valence-corrected chi connectivity index (χ1v) is 9.80. The van der Waals surface area contributed by atoms with Crippen LogP contribution in [0, 0.1) is 6.92 Å². The molecule has 0 radical (unpaired) electrons. The molecule has 7 heteroatoms. The lowest BCUT2D eigenvalue weighted by Crippen LogP contribution is -2.24. The standard InChI is InChI=1S/C21H23N3O3S/c1-15-22-10-11-24(15)17-6-4-16(5-7-17)13-23-21(25)14-28-18-8-9-19(26-2)20(12-18)27-3/h4-12H,13-14H2,1-3H3,(H,23,25). The fraction of sp³-hybridized carbons (Fsp3) is 0.238. The van der Waals surface area contributed by atoms with E-state index in [-0.39, 0.29) is 5.91 Å². The summed E-state index contributed by atoms with van der Waals surface area (Å²) in [5.74, 6) is 2.58. The Bertz CT molecular complexity index is 938. The molecule has 0 spiro atoms. The Hall–Kier alpha value is -2.93. The summed E-state index contributed by atoms with van der Waals surface area (Å²) in [5.41, 5.74) is 2.10. The van der Waals surface area contributed by atoms with Gasteiger partial charge < -0.3 is 19.4 Å². The van der Waals surface area contributed by atoms with Crippen LogP contribution in [-0.4, -0.2) is 35.4 Å². The minimum absolute atomic E-state index is 0.0192. The molecule has 0 aliphatic heterocycles. The Labute approximate surface area is 168 Å². The van der Waals surface area contributed by atoms with E-state index in [9.17, 15) is 4.79 Å². The van der Waals surface area contributed by atoms with Gasteiger partial charge in [-0.25, -0.2) is 4.98 Å². The lowest BCUT2D eigenvalue weighted by Gasteiger charge is -2.10. The Balaban J connectivity index is 1.50. The van der Waals surface area contributed by atoms with E-state index < -0.39 is 0 Å². The van der Waals surface area contributed by atoms with Gasteiger partial charge in [0.25, 0.3) is 0 Å². The van der Waals surface area contributed by atoms with Crippen LogP contribution in [0.1, 0.15) is 11.4 Å². The van der Waals surface area contributed by atoms with E-state index in [0.717, 1.165) is 22.0 Å². The third-order valence-electron chi connectivity index (χ3n) is 4.25. The zero-order valence-corrected chi connectivity index (χ0v) is 17.0. The van der Waals surface area contributed by atoms with Gasteiger partial charge in [0, 0.05) is 29.5 Å². The second-order valence-corrected chi connectivity index (χ2v) is 7.14.